The number of hydrogen-bond acceptors (Lipinski definition) is 2. The van der Waals surface area contributed by atoms with Gasteiger partial charge in [-0.05, 0) is 44.2 Å². The number of para-hydroxylation sites is 1. The number of anilines is 1. The molecule has 1 fully saturated rings. The van der Waals surface area contributed by atoms with Crippen LogP contribution in [0.1, 0.15) is 44.6 Å². The molecule has 3 heteroatoms. The van der Waals surface area contributed by atoms with Crippen LogP contribution in [0.2, 0.25) is 0 Å². The summed E-state index contributed by atoms with van der Waals surface area (Å²) in [5.74, 6) is 1.41. The Morgan fingerprint density at radius 1 is 1.35 bits per heavy atom. The van der Waals surface area contributed by atoms with Gasteiger partial charge >= 0.3 is 0 Å². The van der Waals surface area contributed by atoms with Gasteiger partial charge in [-0.15, -0.1) is 0 Å². The molecule has 1 heterocycles. The van der Waals surface area contributed by atoms with E-state index in [1.165, 1.54) is 24.1 Å². The van der Waals surface area contributed by atoms with Gasteiger partial charge in [0.2, 0.25) is 5.91 Å². The molecular formula is C17H24N2O. The highest BCUT2D eigenvalue weighted by molar-refractivity contribution is 5.78. The minimum Gasteiger partial charge on any atom is -0.384 e. The molecule has 1 saturated carbocycles. The maximum Gasteiger partial charge on any atom is 0.223 e. The van der Waals surface area contributed by atoms with Crippen LogP contribution in [0.25, 0.3) is 0 Å². The summed E-state index contributed by atoms with van der Waals surface area (Å²) in [7, 11) is 0. The van der Waals surface area contributed by atoms with Gasteiger partial charge in [-0.3, -0.25) is 4.79 Å². The van der Waals surface area contributed by atoms with E-state index in [9.17, 15) is 4.79 Å². The summed E-state index contributed by atoms with van der Waals surface area (Å²) in [5, 5.41) is 3.41. The molecule has 0 bridgehead atoms. The molecule has 1 aromatic carbocycles. The smallest absolute Gasteiger partial charge is 0.223 e. The van der Waals surface area contributed by atoms with E-state index in [4.69, 9.17) is 0 Å². The number of amides is 1. The number of nitrogens with zero attached hydrogens (tertiary/aromatic N) is 1. The Bertz CT molecular complexity index is 494. The third-order valence-corrected chi connectivity index (χ3v) is 4.46. The molecule has 1 amide bonds. The molecule has 0 saturated heterocycles. The van der Waals surface area contributed by atoms with E-state index < -0.39 is 0 Å². The fourth-order valence-electron chi connectivity index (χ4n) is 3.05. The molecule has 1 aromatic rings. The van der Waals surface area contributed by atoms with Crippen molar-refractivity contribution in [3.63, 3.8) is 0 Å². The number of carbonyl (C=O) groups excluding carboxylic acids is 1. The highest BCUT2D eigenvalue weighted by Crippen LogP contribution is 2.35. The normalized spacial score (nSPS) is 20.6. The predicted octanol–water partition coefficient (Wildman–Crippen LogP) is 3.23. The SMILES string of the molecule is CC(C)N(CC1CC1)C(=O)CC1CNc2ccccc21. The van der Waals surface area contributed by atoms with Gasteiger partial charge in [-0.2, -0.15) is 0 Å². The Kier molecular flexibility index (Phi) is 3.68. The van der Waals surface area contributed by atoms with Crippen LogP contribution in [0.5, 0.6) is 0 Å². The highest BCUT2D eigenvalue weighted by Gasteiger charge is 2.31. The summed E-state index contributed by atoms with van der Waals surface area (Å²) < 4.78 is 0. The van der Waals surface area contributed by atoms with Crippen molar-refractivity contribution in [1.29, 1.82) is 0 Å². The predicted molar refractivity (Wildman–Crippen MR) is 81.9 cm³/mol. The highest BCUT2D eigenvalue weighted by atomic mass is 16.2. The van der Waals surface area contributed by atoms with Crippen molar-refractivity contribution in [3.8, 4) is 0 Å². The Morgan fingerprint density at radius 3 is 2.80 bits per heavy atom. The first-order valence-electron chi connectivity index (χ1n) is 7.77. The van der Waals surface area contributed by atoms with Gasteiger partial charge in [0.25, 0.3) is 0 Å². The van der Waals surface area contributed by atoms with Gasteiger partial charge in [0.1, 0.15) is 0 Å². The molecule has 1 unspecified atom stereocenters. The lowest BCUT2D eigenvalue weighted by Crippen LogP contribution is -2.39. The second kappa shape index (κ2) is 5.47. The zero-order chi connectivity index (χ0) is 14.1. The number of benzene rings is 1. The summed E-state index contributed by atoms with van der Waals surface area (Å²) in [6.45, 7) is 6.10. The zero-order valence-corrected chi connectivity index (χ0v) is 12.4. The van der Waals surface area contributed by atoms with Crippen molar-refractivity contribution >= 4 is 11.6 Å². The van der Waals surface area contributed by atoms with E-state index in [2.05, 4.69) is 42.3 Å². The van der Waals surface area contributed by atoms with Crippen LogP contribution in [0, 0.1) is 5.92 Å². The summed E-state index contributed by atoms with van der Waals surface area (Å²) in [6.07, 6.45) is 3.23. The van der Waals surface area contributed by atoms with Crippen molar-refractivity contribution in [1.82, 2.24) is 4.90 Å². The van der Waals surface area contributed by atoms with E-state index in [1.807, 2.05) is 6.07 Å². The van der Waals surface area contributed by atoms with Crippen LogP contribution in [-0.2, 0) is 4.79 Å². The molecule has 1 N–H and O–H groups in total. The number of rotatable bonds is 5. The second-order valence-corrected chi connectivity index (χ2v) is 6.45. The minimum absolute atomic E-state index is 0.313. The molecular weight excluding hydrogens is 248 g/mol. The summed E-state index contributed by atoms with van der Waals surface area (Å²) in [4.78, 5) is 14.7. The average molecular weight is 272 g/mol. The van der Waals surface area contributed by atoms with Crippen molar-refractivity contribution in [2.75, 3.05) is 18.4 Å². The lowest BCUT2D eigenvalue weighted by molar-refractivity contribution is -0.133. The number of hydrogen-bond donors (Lipinski definition) is 1. The van der Waals surface area contributed by atoms with Gasteiger partial charge in [0.05, 0.1) is 0 Å². The van der Waals surface area contributed by atoms with Crippen molar-refractivity contribution < 1.29 is 4.79 Å². The van der Waals surface area contributed by atoms with Crippen LogP contribution >= 0.6 is 0 Å². The Hall–Kier alpha value is -1.51. The van der Waals surface area contributed by atoms with Crippen LogP contribution in [0.4, 0.5) is 5.69 Å². The first kappa shape index (κ1) is 13.5. The molecule has 3 rings (SSSR count). The van der Waals surface area contributed by atoms with Crippen molar-refractivity contribution in [2.24, 2.45) is 5.92 Å². The molecule has 1 aliphatic heterocycles. The number of fused-ring (bicyclic) bond motifs is 1. The molecule has 1 atom stereocenters. The first-order valence-corrected chi connectivity index (χ1v) is 7.77. The van der Waals surface area contributed by atoms with Crippen molar-refractivity contribution in [2.45, 2.75) is 45.1 Å². The molecule has 108 valence electrons. The van der Waals surface area contributed by atoms with Crippen LogP contribution in [0.15, 0.2) is 24.3 Å². The maximum absolute atomic E-state index is 12.6. The average Bonchev–Trinajstić information content (AvgIpc) is 3.17. The first-order chi connectivity index (χ1) is 9.65. The second-order valence-electron chi connectivity index (χ2n) is 6.45. The van der Waals surface area contributed by atoms with E-state index in [0.717, 1.165) is 19.0 Å². The third-order valence-electron chi connectivity index (χ3n) is 4.46. The summed E-state index contributed by atoms with van der Waals surface area (Å²) >= 11 is 0. The molecule has 0 spiro atoms. The van der Waals surface area contributed by atoms with Gasteiger partial charge in [-0.1, -0.05) is 18.2 Å². The monoisotopic (exact) mass is 272 g/mol. The van der Waals surface area contributed by atoms with Gasteiger partial charge in [0, 0.05) is 37.2 Å². The Balaban J connectivity index is 1.66. The van der Waals surface area contributed by atoms with Crippen LogP contribution in [0.3, 0.4) is 0 Å². The Morgan fingerprint density at radius 2 is 2.10 bits per heavy atom. The fraction of sp³-hybridized carbons (Fsp3) is 0.588. The van der Waals surface area contributed by atoms with Gasteiger partial charge in [-0.25, -0.2) is 0 Å². The fourth-order valence-corrected chi connectivity index (χ4v) is 3.05. The third kappa shape index (κ3) is 2.82. The molecule has 0 radical (unpaired) electrons. The van der Waals surface area contributed by atoms with Gasteiger partial charge < -0.3 is 10.2 Å². The van der Waals surface area contributed by atoms with Crippen LogP contribution in [-0.4, -0.2) is 29.9 Å². The largest absolute Gasteiger partial charge is 0.384 e. The minimum atomic E-state index is 0.313. The molecule has 2 aliphatic rings. The van der Waals surface area contributed by atoms with Crippen molar-refractivity contribution in [3.05, 3.63) is 29.8 Å². The molecule has 0 aromatic heterocycles. The van der Waals surface area contributed by atoms with E-state index in [-0.39, 0.29) is 0 Å². The number of carbonyl (C=O) groups is 1. The van der Waals surface area contributed by atoms with E-state index in [0.29, 0.717) is 24.3 Å². The Labute approximate surface area is 121 Å². The van der Waals surface area contributed by atoms with Gasteiger partial charge in [0.15, 0.2) is 0 Å². The van der Waals surface area contributed by atoms with E-state index in [1.54, 1.807) is 0 Å². The molecule has 1 aliphatic carbocycles. The zero-order valence-electron chi connectivity index (χ0n) is 12.4. The summed E-state index contributed by atoms with van der Waals surface area (Å²) in [5.41, 5.74) is 2.50. The molecule has 3 nitrogen and oxygen atoms in total. The number of nitrogens with one attached hydrogen (secondary N) is 1. The lowest BCUT2D eigenvalue weighted by Gasteiger charge is -2.28. The van der Waals surface area contributed by atoms with Crippen LogP contribution < -0.4 is 5.32 Å². The van der Waals surface area contributed by atoms with E-state index >= 15 is 0 Å². The molecule has 20 heavy (non-hydrogen) atoms. The lowest BCUT2D eigenvalue weighted by atomic mass is 9.97. The summed E-state index contributed by atoms with van der Waals surface area (Å²) in [6, 6.07) is 8.67. The topological polar surface area (TPSA) is 32.3 Å². The maximum atomic E-state index is 12.6. The standard InChI is InChI=1S/C17H24N2O/c1-12(2)19(11-13-7-8-13)17(20)9-14-10-18-16-6-4-3-5-15(14)16/h3-6,12-14,18H,7-11H2,1-2H3. The quantitative estimate of drug-likeness (QED) is 0.892.